The van der Waals surface area contributed by atoms with E-state index in [4.69, 9.17) is 0 Å². The Labute approximate surface area is 361 Å². The van der Waals surface area contributed by atoms with Crippen molar-refractivity contribution in [3.63, 3.8) is 0 Å². The van der Waals surface area contributed by atoms with Crippen LogP contribution in [0.1, 0.15) is 61.1 Å². The molecule has 2 aliphatic carbocycles. The average Bonchev–Trinajstić information content (AvgIpc) is 3.82. The van der Waals surface area contributed by atoms with Gasteiger partial charge in [-0.05, 0) is 109 Å². The number of β-amino-alcohol motifs (C(OH)–C–C–N with tert-alkyl or cyclic N) is 1. The van der Waals surface area contributed by atoms with Gasteiger partial charge in [0.05, 0.1) is 23.3 Å². The second-order valence-electron chi connectivity index (χ2n) is 16.8. The maximum absolute atomic E-state index is 12.4. The van der Waals surface area contributed by atoms with E-state index in [-0.39, 0.29) is 66.2 Å². The number of Topliss-reactive ketones (excluding diaryl/α,β-unsaturated/α-hetero) is 1. The first-order valence-corrected chi connectivity index (χ1v) is 19.2. The SMILES string of the molecule is Br.CC(O)(CN1C[C@@H]2CC(O)(Cc3ccccc3)C[C@@H]2C1)c1ccc(O)cc1.O=C(CN1C[C@@H]2CC(O)(Cc3ccccc3)C[C@@H]2C1)c1ccc(O)cc1.[CH3-].[H-].[Mg+2]. The average molecular weight is 840 g/mol. The first-order valence-electron chi connectivity index (χ1n) is 19.2. The van der Waals surface area contributed by atoms with Crippen molar-refractivity contribution in [2.24, 2.45) is 23.7 Å². The van der Waals surface area contributed by atoms with E-state index in [1.54, 1.807) is 48.5 Å². The molecular weight excluding hydrogens is 781 g/mol. The summed E-state index contributed by atoms with van der Waals surface area (Å²) in [6.07, 6.45) is 4.75. The molecule has 4 aliphatic rings. The Morgan fingerprint density at radius 2 is 1.04 bits per heavy atom. The van der Waals surface area contributed by atoms with Gasteiger partial charge in [-0.15, -0.1) is 17.0 Å². The number of aliphatic hydroxyl groups is 3. The van der Waals surface area contributed by atoms with Gasteiger partial charge in [-0.3, -0.25) is 14.6 Å². The zero-order valence-electron chi connectivity index (χ0n) is 33.8. The third kappa shape index (κ3) is 11.4. The molecule has 56 heavy (non-hydrogen) atoms. The normalized spacial score (nSPS) is 27.6. The molecule has 8 nitrogen and oxygen atoms in total. The van der Waals surface area contributed by atoms with Crippen LogP contribution in [0.5, 0.6) is 11.5 Å². The topological polar surface area (TPSA) is 125 Å². The minimum atomic E-state index is -0.952. The summed E-state index contributed by atoms with van der Waals surface area (Å²) in [5.41, 5.74) is 1.69. The number of aromatic hydroxyl groups is 2. The maximum Gasteiger partial charge on any atom is 2.00 e. The first-order chi connectivity index (χ1) is 25.3. The largest absolute Gasteiger partial charge is 2.00 e. The summed E-state index contributed by atoms with van der Waals surface area (Å²) >= 11 is 0. The molecule has 0 radical (unpaired) electrons. The van der Waals surface area contributed by atoms with Crippen molar-refractivity contribution < 1.29 is 31.8 Å². The van der Waals surface area contributed by atoms with Crippen molar-refractivity contribution in [3.8, 4) is 11.5 Å². The van der Waals surface area contributed by atoms with E-state index in [0.717, 1.165) is 63.8 Å². The van der Waals surface area contributed by atoms with Gasteiger partial charge in [-0.2, -0.15) is 0 Å². The van der Waals surface area contributed by atoms with Gasteiger partial charge in [0.1, 0.15) is 11.5 Å². The molecule has 2 saturated heterocycles. The smallest absolute Gasteiger partial charge is 1.00 e. The van der Waals surface area contributed by atoms with Gasteiger partial charge in [0, 0.05) is 51.1 Å². The summed E-state index contributed by atoms with van der Waals surface area (Å²) in [5, 5.41) is 51.8. The number of phenolic OH excluding ortho intramolecular Hbond substituents is 2. The molecule has 0 bridgehead atoms. The van der Waals surface area contributed by atoms with E-state index >= 15 is 0 Å². The Kier molecular flexibility index (Phi) is 15.8. The van der Waals surface area contributed by atoms with Crippen LogP contribution >= 0.6 is 17.0 Å². The molecule has 10 heteroatoms. The van der Waals surface area contributed by atoms with Gasteiger partial charge in [0.15, 0.2) is 5.78 Å². The third-order valence-corrected chi connectivity index (χ3v) is 12.2. The molecule has 4 fully saturated rings. The molecule has 3 unspecified atom stereocenters. The van der Waals surface area contributed by atoms with Gasteiger partial charge in [-0.25, -0.2) is 0 Å². The fourth-order valence-electron chi connectivity index (χ4n) is 9.90. The van der Waals surface area contributed by atoms with Crippen LogP contribution in [0.3, 0.4) is 0 Å². The number of nitrogens with zero attached hydrogens (tertiary/aromatic N) is 2. The number of benzene rings is 4. The molecule has 0 amide bonds. The number of hydrogen-bond donors (Lipinski definition) is 5. The van der Waals surface area contributed by atoms with Crippen LogP contribution < -0.4 is 0 Å². The molecule has 4 aromatic rings. The molecule has 0 spiro atoms. The van der Waals surface area contributed by atoms with E-state index in [1.807, 2.05) is 43.3 Å². The zero-order chi connectivity index (χ0) is 37.2. The fourth-order valence-corrected chi connectivity index (χ4v) is 9.90. The summed E-state index contributed by atoms with van der Waals surface area (Å²) in [6.45, 7) is 6.43. The molecule has 8 rings (SSSR count). The van der Waals surface area contributed by atoms with Gasteiger partial charge < -0.3 is 34.4 Å². The Balaban J connectivity index is 0.000000285. The van der Waals surface area contributed by atoms with Gasteiger partial charge in [-0.1, -0.05) is 72.8 Å². The molecule has 298 valence electrons. The van der Waals surface area contributed by atoms with Crippen molar-refractivity contribution in [2.75, 3.05) is 39.3 Å². The van der Waals surface area contributed by atoms with E-state index in [9.17, 15) is 30.3 Å². The Bertz CT molecular complexity index is 1810. The first kappa shape index (κ1) is 45.9. The van der Waals surface area contributed by atoms with Crippen molar-refractivity contribution in [2.45, 2.75) is 62.3 Å². The number of halogens is 1. The van der Waals surface area contributed by atoms with Gasteiger partial charge in [0.25, 0.3) is 0 Å². The quantitative estimate of drug-likeness (QED) is 0.0692. The molecule has 2 saturated carbocycles. The minimum absolute atomic E-state index is 0. The Morgan fingerprint density at radius 3 is 1.45 bits per heavy atom. The van der Waals surface area contributed by atoms with Crippen molar-refractivity contribution >= 4 is 45.8 Å². The van der Waals surface area contributed by atoms with Crippen LogP contribution in [0.2, 0.25) is 0 Å². The van der Waals surface area contributed by atoms with Crippen molar-refractivity contribution in [1.29, 1.82) is 0 Å². The second kappa shape index (κ2) is 19.3. The maximum atomic E-state index is 12.4. The van der Waals surface area contributed by atoms with Crippen LogP contribution in [0.4, 0.5) is 0 Å². The number of likely N-dealkylation sites (tertiary alicyclic amines) is 2. The molecule has 7 atom stereocenters. The van der Waals surface area contributed by atoms with E-state index in [2.05, 4.69) is 34.1 Å². The molecule has 2 aliphatic heterocycles. The number of rotatable bonds is 10. The molecule has 0 aromatic heterocycles. The standard InChI is InChI=1S/C23H29NO3.C22H25NO3.CH3.BrH.Mg.H/c1-22(26,20-7-9-21(25)10-8-20)16-24-14-18-12-23(27,13-19(18)15-24)11-17-5-3-2-4-6-17;24-20-8-6-17(7-9-20)21(25)15-23-13-18-11-22(26,12-19(18)14-23)10-16-4-2-1-3-5-16;;;;/h2-10,18-19,25-27H,11-16H2,1H3;1-9,18-19,24,26H,10-15H2;1H3;1H;;/q;;-1;;+2;-1/t18-,19+,22?,23?;18-,19+,22?;;;;. The van der Waals surface area contributed by atoms with Gasteiger partial charge in [0.2, 0.25) is 0 Å². The summed E-state index contributed by atoms with van der Waals surface area (Å²) in [4.78, 5) is 17.0. The number of carbonyl (C=O) groups is 1. The van der Waals surface area contributed by atoms with Crippen molar-refractivity contribution in [1.82, 2.24) is 9.80 Å². The predicted molar refractivity (Wildman–Crippen MR) is 229 cm³/mol. The van der Waals surface area contributed by atoms with E-state index in [1.165, 1.54) is 11.1 Å². The van der Waals surface area contributed by atoms with Crippen molar-refractivity contribution in [3.05, 3.63) is 139 Å². The molecule has 2 heterocycles. The minimum Gasteiger partial charge on any atom is -1.00 e. The summed E-state index contributed by atoms with van der Waals surface area (Å²) in [7, 11) is 0. The predicted octanol–water partition coefficient (Wildman–Crippen LogP) is 6.57. The monoisotopic (exact) mass is 838 g/mol. The van der Waals surface area contributed by atoms with E-state index in [0.29, 0.717) is 48.7 Å². The van der Waals surface area contributed by atoms with Crippen LogP contribution in [-0.4, -0.2) is 115 Å². The molecule has 5 N–H and O–H groups in total. The number of fused-ring (bicyclic) bond motifs is 2. The van der Waals surface area contributed by atoms with E-state index < -0.39 is 16.8 Å². The third-order valence-electron chi connectivity index (χ3n) is 12.2. The molecular formula is C46H59BrMgN2O6. The van der Waals surface area contributed by atoms with Crippen LogP contribution in [0.15, 0.2) is 109 Å². The summed E-state index contributed by atoms with van der Waals surface area (Å²) in [6, 6.07) is 33.7. The second-order valence-corrected chi connectivity index (χ2v) is 16.8. The number of ketones is 1. The summed E-state index contributed by atoms with van der Waals surface area (Å²) in [5.74, 6) is 2.40. The summed E-state index contributed by atoms with van der Waals surface area (Å²) < 4.78 is 0. The Morgan fingerprint density at radius 1 is 0.661 bits per heavy atom. The molecule has 4 aromatic carbocycles. The zero-order valence-corrected chi connectivity index (χ0v) is 36.0. The van der Waals surface area contributed by atoms with Crippen LogP contribution in [0, 0.1) is 31.1 Å². The number of carbonyl (C=O) groups excluding carboxylic acids is 1. The van der Waals surface area contributed by atoms with Crippen LogP contribution in [0.25, 0.3) is 0 Å². The Hall–Kier alpha value is -2.80. The number of hydrogen-bond acceptors (Lipinski definition) is 8. The fraction of sp³-hybridized carbons (Fsp3) is 0.435. The number of phenols is 2. The van der Waals surface area contributed by atoms with Crippen LogP contribution in [-0.2, 0) is 18.4 Å². The van der Waals surface area contributed by atoms with Gasteiger partial charge >= 0.3 is 23.1 Å².